The minimum atomic E-state index is 0.152. The van der Waals surface area contributed by atoms with E-state index in [-0.39, 0.29) is 13.2 Å². The summed E-state index contributed by atoms with van der Waals surface area (Å²) in [6, 6.07) is 15.0. The molecule has 1 aromatic heterocycles. The molecule has 0 fully saturated rings. The molecule has 0 amide bonds. The molecule has 0 saturated heterocycles. The van der Waals surface area contributed by atoms with Crippen LogP contribution in [0.15, 0.2) is 48.5 Å². The van der Waals surface area contributed by atoms with Gasteiger partial charge in [-0.15, -0.1) is 12.8 Å². The summed E-state index contributed by atoms with van der Waals surface area (Å²) >= 11 is 0. The molecule has 116 valence electrons. The van der Waals surface area contributed by atoms with Crippen LogP contribution in [0.4, 0.5) is 0 Å². The van der Waals surface area contributed by atoms with Gasteiger partial charge in [-0.3, -0.25) is 0 Å². The molecule has 0 spiro atoms. The Labute approximate surface area is 140 Å². The van der Waals surface area contributed by atoms with Gasteiger partial charge in [0, 0.05) is 5.56 Å². The SMILES string of the molecule is C#CCOc1ccc(-c2nc(OCC#C)c3ccccc3n2)cc1. The Hall–Kier alpha value is -3.50. The summed E-state index contributed by atoms with van der Waals surface area (Å²) in [6.45, 7) is 0.384. The van der Waals surface area contributed by atoms with E-state index < -0.39 is 0 Å². The van der Waals surface area contributed by atoms with E-state index in [1.807, 2.05) is 48.5 Å². The molecule has 0 atom stereocenters. The Morgan fingerprint density at radius 1 is 0.833 bits per heavy atom. The number of hydrogen-bond donors (Lipinski definition) is 0. The van der Waals surface area contributed by atoms with Gasteiger partial charge in [-0.05, 0) is 36.4 Å². The van der Waals surface area contributed by atoms with Gasteiger partial charge in [0.1, 0.15) is 12.4 Å². The van der Waals surface area contributed by atoms with E-state index in [1.165, 1.54) is 0 Å². The average molecular weight is 314 g/mol. The maximum Gasteiger partial charge on any atom is 0.226 e. The second kappa shape index (κ2) is 7.17. The van der Waals surface area contributed by atoms with Crippen molar-refractivity contribution in [1.29, 1.82) is 0 Å². The number of terminal acetylenes is 2. The van der Waals surface area contributed by atoms with E-state index in [1.54, 1.807) is 0 Å². The predicted octanol–water partition coefficient (Wildman–Crippen LogP) is 3.32. The molecule has 4 heteroatoms. The summed E-state index contributed by atoms with van der Waals surface area (Å²) in [5.41, 5.74) is 1.64. The molecule has 3 rings (SSSR count). The minimum Gasteiger partial charge on any atom is -0.481 e. The normalized spacial score (nSPS) is 9.92. The van der Waals surface area contributed by atoms with Gasteiger partial charge in [-0.25, -0.2) is 4.98 Å². The van der Waals surface area contributed by atoms with Crippen LogP contribution >= 0.6 is 0 Å². The van der Waals surface area contributed by atoms with Crippen LogP contribution in [0.2, 0.25) is 0 Å². The molecule has 24 heavy (non-hydrogen) atoms. The highest BCUT2D eigenvalue weighted by atomic mass is 16.5. The maximum absolute atomic E-state index is 5.57. The Bertz CT molecular complexity index is 934. The van der Waals surface area contributed by atoms with Crippen molar-refractivity contribution in [2.75, 3.05) is 13.2 Å². The van der Waals surface area contributed by atoms with Crippen LogP contribution in [0, 0.1) is 24.7 Å². The number of benzene rings is 2. The fourth-order valence-corrected chi connectivity index (χ4v) is 2.22. The molecule has 1 heterocycles. The molecule has 0 unspecified atom stereocenters. The molecule has 0 saturated carbocycles. The van der Waals surface area contributed by atoms with Crippen molar-refractivity contribution in [2.45, 2.75) is 0 Å². The molecule has 0 bridgehead atoms. The molecular weight excluding hydrogens is 300 g/mol. The van der Waals surface area contributed by atoms with Crippen LogP contribution in [-0.2, 0) is 0 Å². The number of ether oxygens (including phenoxy) is 2. The number of para-hydroxylation sites is 1. The van der Waals surface area contributed by atoms with Gasteiger partial charge in [0.05, 0.1) is 10.9 Å². The number of nitrogens with zero attached hydrogens (tertiary/aromatic N) is 2. The summed E-state index contributed by atoms with van der Waals surface area (Å²) < 4.78 is 10.9. The third kappa shape index (κ3) is 3.29. The predicted molar refractivity (Wildman–Crippen MR) is 93.6 cm³/mol. The first-order chi connectivity index (χ1) is 11.8. The third-order valence-corrected chi connectivity index (χ3v) is 3.30. The first-order valence-corrected chi connectivity index (χ1v) is 7.31. The van der Waals surface area contributed by atoms with Gasteiger partial charge in [0.15, 0.2) is 12.4 Å². The van der Waals surface area contributed by atoms with Crippen molar-refractivity contribution in [3.63, 3.8) is 0 Å². The minimum absolute atomic E-state index is 0.152. The standard InChI is InChI=1S/C20H14N2O2/c1-3-13-23-16-11-9-15(10-12-16)19-21-18-8-6-5-7-17(18)20(22-19)24-14-4-2/h1-2,5-12H,13-14H2. The van der Waals surface area contributed by atoms with Crippen molar-refractivity contribution >= 4 is 10.9 Å². The van der Waals surface area contributed by atoms with Crippen molar-refractivity contribution in [3.8, 4) is 47.7 Å². The van der Waals surface area contributed by atoms with Crippen LogP contribution in [0.5, 0.6) is 11.6 Å². The molecular formula is C20H14N2O2. The molecule has 0 radical (unpaired) electrons. The highest BCUT2D eigenvalue weighted by Gasteiger charge is 2.10. The summed E-state index contributed by atoms with van der Waals surface area (Å²) in [4.78, 5) is 9.09. The second-order valence-electron chi connectivity index (χ2n) is 4.88. The zero-order valence-corrected chi connectivity index (χ0v) is 12.9. The Kier molecular flexibility index (Phi) is 4.60. The summed E-state index contributed by atoms with van der Waals surface area (Å²) in [5, 5.41) is 0.825. The van der Waals surface area contributed by atoms with E-state index >= 15 is 0 Å². The van der Waals surface area contributed by atoms with Crippen molar-refractivity contribution < 1.29 is 9.47 Å². The smallest absolute Gasteiger partial charge is 0.226 e. The maximum atomic E-state index is 5.57. The quantitative estimate of drug-likeness (QED) is 0.678. The van der Waals surface area contributed by atoms with E-state index in [4.69, 9.17) is 22.3 Å². The summed E-state index contributed by atoms with van der Waals surface area (Å²) in [5.74, 6) is 6.61. The van der Waals surface area contributed by atoms with E-state index in [9.17, 15) is 0 Å². The highest BCUT2D eigenvalue weighted by Crippen LogP contribution is 2.27. The van der Waals surface area contributed by atoms with Gasteiger partial charge < -0.3 is 9.47 Å². The molecule has 4 nitrogen and oxygen atoms in total. The highest BCUT2D eigenvalue weighted by molar-refractivity contribution is 5.85. The number of rotatable bonds is 5. The van der Waals surface area contributed by atoms with E-state index in [0.29, 0.717) is 17.5 Å². The van der Waals surface area contributed by atoms with Crippen molar-refractivity contribution in [3.05, 3.63) is 48.5 Å². The first-order valence-electron chi connectivity index (χ1n) is 7.31. The first kappa shape index (κ1) is 15.4. The largest absolute Gasteiger partial charge is 0.481 e. The van der Waals surface area contributed by atoms with E-state index in [2.05, 4.69) is 21.8 Å². The Balaban J connectivity index is 2.00. The molecule has 0 aliphatic rings. The van der Waals surface area contributed by atoms with Gasteiger partial charge in [0.2, 0.25) is 5.88 Å². The zero-order chi connectivity index (χ0) is 16.8. The lowest BCUT2D eigenvalue weighted by Crippen LogP contribution is -2.00. The lowest BCUT2D eigenvalue weighted by molar-refractivity contribution is 0.360. The number of aromatic nitrogens is 2. The van der Waals surface area contributed by atoms with Crippen LogP contribution in [-0.4, -0.2) is 23.2 Å². The van der Waals surface area contributed by atoms with Crippen molar-refractivity contribution in [1.82, 2.24) is 9.97 Å². The van der Waals surface area contributed by atoms with Crippen LogP contribution in [0.1, 0.15) is 0 Å². The Morgan fingerprint density at radius 3 is 2.29 bits per heavy atom. The zero-order valence-electron chi connectivity index (χ0n) is 12.9. The van der Waals surface area contributed by atoms with Gasteiger partial charge in [0.25, 0.3) is 0 Å². The summed E-state index contributed by atoms with van der Waals surface area (Å²) in [7, 11) is 0. The number of fused-ring (bicyclic) bond motifs is 1. The third-order valence-electron chi connectivity index (χ3n) is 3.30. The average Bonchev–Trinajstić information content (AvgIpc) is 2.64. The molecule has 2 aromatic carbocycles. The van der Waals surface area contributed by atoms with Crippen LogP contribution in [0.25, 0.3) is 22.3 Å². The van der Waals surface area contributed by atoms with Gasteiger partial charge >= 0.3 is 0 Å². The number of hydrogen-bond acceptors (Lipinski definition) is 4. The van der Waals surface area contributed by atoms with Gasteiger partial charge in [-0.1, -0.05) is 24.0 Å². The lowest BCUT2D eigenvalue weighted by atomic mass is 10.2. The van der Waals surface area contributed by atoms with Crippen LogP contribution in [0.3, 0.4) is 0 Å². The fraction of sp³-hybridized carbons (Fsp3) is 0.100. The van der Waals surface area contributed by atoms with E-state index in [0.717, 1.165) is 16.5 Å². The molecule has 0 N–H and O–H groups in total. The molecule has 3 aromatic rings. The lowest BCUT2D eigenvalue weighted by Gasteiger charge is -2.09. The monoisotopic (exact) mass is 314 g/mol. The van der Waals surface area contributed by atoms with Crippen molar-refractivity contribution in [2.24, 2.45) is 0 Å². The molecule has 0 aliphatic carbocycles. The van der Waals surface area contributed by atoms with Crippen LogP contribution < -0.4 is 9.47 Å². The summed E-state index contributed by atoms with van der Waals surface area (Å²) in [6.07, 6.45) is 10.5. The fourth-order valence-electron chi connectivity index (χ4n) is 2.22. The van der Waals surface area contributed by atoms with Gasteiger partial charge in [-0.2, -0.15) is 4.98 Å². The second-order valence-corrected chi connectivity index (χ2v) is 4.88. The topological polar surface area (TPSA) is 44.2 Å². The molecule has 0 aliphatic heterocycles. The Morgan fingerprint density at radius 2 is 1.54 bits per heavy atom.